The van der Waals surface area contributed by atoms with Crippen LogP contribution >= 0.6 is 11.6 Å². The van der Waals surface area contributed by atoms with E-state index in [-0.39, 0.29) is 17.4 Å². The van der Waals surface area contributed by atoms with Crippen LogP contribution in [-0.4, -0.2) is 76.3 Å². The maximum Gasteiger partial charge on any atom is 0.267 e. The Labute approximate surface area is 188 Å². The van der Waals surface area contributed by atoms with Crippen LogP contribution in [0.1, 0.15) is 47.0 Å². The van der Waals surface area contributed by atoms with Crippen LogP contribution in [0.4, 0.5) is 5.82 Å². The highest BCUT2D eigenvalue weighted by Gasteiger charge is 2.34. The van der Waals surface area contributed by atoms with E-state index in [0.717, 1.165) is 44.6 Å². The Balaban J connectivity index is 1.60. The van der Waals surface area contributed by atoms with E-state index in [1.807, 2.05) is 4.90 Å². The number of nitrogen functional groups attached to an aromatic ring is 1. The van der Waals surface area contributed by atoms with Crippen molar-refractivity contribution in [1.29, 1.82) is 0 Å². The predicted octanol–water partition coefficient (Wildman–Crippen LogP) is 2.03. The molecule has 0 aromatic carbocycles. The third-order valence-corrected chi connectivity index (χ3v) is 6.54. The van der Waals surface area contributed by atoms with Crippen molar-refractivity contribution < 1.29 is 9.59 Å². The first kappa shape index (κ1) is 23.1. The molecule has 2 aliphatic heterocycles. The monoisotopic (exact) mass is 446 g/mol. The molecule has 0 saturated carbocycles. The van der Waals surface area contributed by atoms with E-state index >= 15 is 0 Å². The minimum absolute atomic E-state index is 0.0340. The molecule has 2 saturated heterocycles. The number of nitrogens with zero attached hydrogens (tertiary/aromatic N) is 4. The van der Waals surface area contributed by atoms with E-state index in [9.17, 15) is 9.59 Å². The number of piperazine rings is 1. The predicted molar refractivity (Wildman–Crippen MR) is 123 cm³/mol. The second-order valence-corrected chi connectivity index (χ2v) is 8.57. The van der Waals surface area contributed by atoms with Crippen molar-refractivity contribution in [3.63, 3.8) is 0 Å². The first-order chi connectivity index (χ1) is 14.7. The number of allylic oxidation sites excluding steroid dienone is 1. The van der Waals surface area contributed by atoms with Crippen LogP contribution in [0.2, 0.25) is 0 Å². The number of pyridine rings is 1. The van der Waals surface area contributed by atoms with Gasteiger partial charge in [-0.3, -0.25) is 14.5 Å². The molecule has 168 valence electrons. The first-order valence-corrected chi connectivity index (χ1v) is 11.0. The van der Waals surface area contributed by atoms with Crippen molar-refractivity contribution >= 4 is 29.2 Å². The fraction of sp³-hybridized carbons (Fsp3) is 0.500. The van der Waals surface area contributed by atoms with Gasteiger partial charge in [-0.05, 0) is 31.4 Å². The van der Waals surface area contributed by atoms with Crippen molar-refractivity contribution in [3.05, 3.63) is 47.3 Å². The van der Waals surface area contributed by atoms with Crippen LogP contribution < -0.4 is 11.5 Å². The average Bonchev–Trinajstić information content (AvgIpc) is 2.77. The molecule has 2 aliphatic rings. The van der Waals surface area contributed by atoms with Gasteiger partial charge >= 0.3 is 0 Å². The molecule has 1 aromatic rings. The Morgan fingerprint density at radius 2 is 1.84 bits per heavy atom. The molecule has 3 rings (SSSR count). The maximum absolute atomic E-state index is 12.9. The Bertz CT molecular complexity index is 881. The number of hydrogen-bond acceptors (Lipinski definition) is 6. The molecule has 0 bridgehead atoms. The molecular weight excluding hydrogens is 416 g/mol. The van der Waals surface area contributed by atoms with Crippen LogP contribution in [0.15, 0.2) is 36.0 Å². The van der Waals surface area contributed by atoms with Gasteiger partial charge in [-0.15, -0.1) is 0 Å². The number of carbonyl (C=O) groups is 2. The second kappa shape index (κ2) is 9.70. The zero-order valence-electron chi connectivity index (χ0n) is 18.0. The fourth-order valence-electron chi connectivity index (χ4n) is 4.49. The molecule has 0 aliphatic carbocycles. The lowest BCUT2D eigenvalue weighted by molar-refractivity contribution is 0.0237. The van der Waals surface area contributed by atoms with Crippen LogP contribution in [0.3, 0.4) is 0 Å². The summed E-state index contributed by atoms with van der Waals surface area (Å²) in [4.78, 5) is 34.7. The van der Waals surface area contributed by atoms with Gasteiger partial charge in [0.05, 0.1) is 10.6 Å². The Morgan fingerprint density at radius 1 is 1.16 bits per heavy atom. The average molecular weight is 447 g/mol. The number of likely N-dealkylation sites (tertiary alicyclic amines) is 1. The molecular formula is C22H31ClN6O2. The zero-order valence-corrected chi connectivity index (χ0v) is 18.8. The van der Waals surface area contributed by atoms with Gasteiger partial charge in [-0.25, -0.2) is 4.98 Å². The van der Waals surface area contributed by atoms with Crippen LogP contribution in [0.5, 0.6) is 0 Å². The van der Waals surface area contributed by atoms with E-state index in [4.69, 9.17) is 23.1 Å². The number of carbonyl (C=O) groups excluding carboxylic acids is 2. The summed E-state index contributed by atoms with van der Waals surface area (Å²) < 4.78 is 0. The third kappa shape index (κ3) is 5.02. The number of primary amides is 1. The number of rotatable bonds is 6. The molecule has 1 unspecified atom stereocenters. The molecule has 9 heteroatoms. The molecule has 2 fully saturated rings. The summed E-state index contributed by atoms with van der Waals surface area (Å²) in [6.45, 7) is 14.0. The van der Waals surface area contributed by atoms with Crippen molar-refractivity contribution in [2.75, 3.05) is 38.5 Å². The third-order valence-electron chi connectivity index (χ3n) is 6.32. The number of aromatic nitrogens is 1. The van der Waals surface area contributed by atoms with Gasteiger partial charge in [0.15, 0.2) is 0 Å². The summed E-state index contributed by atoms with van der Waals surface area (Å²) in [6.07, 6.45) is 2.84. The van der Waals surface area contributed by atoms with Gasteiger partial charge in [-0.1, -0.05) is 31.7 Å². The molecule has 0 spiro atoms. The summed E-state index contributed by atoms with van der Waals surface area (Å²) in [5.41, 5.74) is 12.3. The van der Waals surface area contributed by atoms with Gasteiger partial charge < -0.3 is 21.3 Å². The molecule has 0 radical (unpaired) electrons. The normalized spacial score (nSPS) is 20.5. The summed E-state index contributed by atoms with van der Waals surface area (Å²) in [6, 6.07) is 3.81. The highest BCUT2D eigenvalue weighted by molar-refractivity contribution is 6.31. The largest absolute Gasteiger partial charge is 0.383 e. The smallest absolute Gasteiger partial charge is 0.267 e. The summed E-state index contributed by atoms with van der Waals surface area (Å²) in [5, 5.41) is 0.493. The lowest BCUT2D eigenvalue weighted by Crippen LogP contribution is -2.58. The lowest BCUT2D eigenvalue weighted by atomic mass is 9.97. The Morgan fingerprint density at radius 3 is 2.39 bits per heavy atom. The van der Waals surface area contributed by atoms with E-state index in [1.165, 1.54) is 12.1 Å². The van der Waals surface area contributed by atoms with Gasteiger partial charge in [0.25, 0.3) is 11.8 Å². The zero-order chi connectivity index (χ0) is 22.7. The van der Waals surface area contributed by atoms with Crippen molar-refractivity contribution in [2.24, 2.45) is 5.73 Å². The molecule has 1 aromatic heterocycles. The molecule has 2 amide bonds. The first-order valence-electron chi connectivity index (χ1n) is 10.6. The minimum Gasteiger partial charge on any atom is -0.383 e. The van der Waals surface area contributed by atoms with Gasteiger partial charge in [0, 0.05) is 50.5 Å². The minimum atomic E-state index is -0.670. The van der Waals surface area contributed by atoms with E-state index in [2.05, 4.69) is 34.9 Å². The topological polar surface area (TPSA) is 109 Å². The van der Waals surface area contributed by atoms with Crippen molar-refractivity contribution in [3.8, 4) is 0 Å². The lowest BCUT2D eigenvalue weighted by Gasteiger charge is -2.48. The molecule has 31 heavy (non-hydrogen) atoms. The van der Waals surface area contributed by atoms with E-state index in [1.54, 1.807) is 0 Å². The molecule has 8 nitrogen and oxygen atoms in total. The highest BCUT2D eigenvalue weighted by atomic mass is 35.5. The van der Waals surface area contributed by atoms with Gasteiger partial charge in [-0.2, -0.15) is 0 Å². The van der Waals surface area contributed by atoms with Gasteiger partial charge in [0.2, 0.25) is 0 Å². The SMILES string of the molecule is C=C(Cl)C(=C)N1CCN(C2CCN(C(=O)c3ccc(C(N)=O)nc3N)CC2)C(CC)C1. The summed E-state index contributed by atoms with van der Waals surface area (Å²) in [5.74, 6) is -0.795. The van der Waals surface area contributed by atoms with Crippen LogP contribution in [0.25, 0.3) is 0 Å². The Hall–Kier alpha value is -2.58. The second-order valence-electron chi connectivity index (χ2n) is 8.11. The Kier molecular flexibility index (Phi) is 7.23. The van der Waals surface area contributed by atoms with Gasteiger partial charge in [0.1, 0.15) is 11.5 Å². The quantitative estimate of drug-likeness (QED) is 0.647. The number of hydrogen-bond donors (Lipinski definition) is 2. The van der Waals surface area contributed by atoms with E-state index in [0.29, 0.717) is 35.8 Å². The van der Waals surface area contributed by atoms with Crippen molar-refractivity contribution in [2.45, 2.75) is 38.3 Å². The number of halogens is 1. The number of nitrogens with two attached hydrogens (primary N) is 2. The summed E-state index contributed by atoms with van der Waals surface area (Å²) in [7, 11) is 0. The standard InChI is InChI=1S/C22H31ClN6O2/c1-4-16-13-28(15(3)14(2)23)11-12-29(16)17-7-9-27(10-8-17)22(31)18-5-6-19(21(25)30)26-20(18)24/h5-6,16-17H,2-4,7-13H2,1H3,(H2,24,26)(H2,25,30). The van der Waals surface area contributed by atoms with E-state index < -0.39 is 5.91 Å². The summed E-state index contributed by atoms with van der Waals surface area (Å²) >= 11 is 6.05. The van der Waals surface area contributed by atoms with Crippen molar-refractivity contribution in [1.82, 2.24) is 19.7 Å². The molecule has 4 N–H and O–H groups in total. The number of amides is 2. The molecule has 1 atom stereocenters. The fourth-order valence-corrected chi connectivity index (χ4v) is 4.61. The molecule has 3 heterocycles. The highest BCUT2D eigenvalue weighted by Crippen LogP contribution is 2.27. The van der Waals surface area contributed by atoms with Crippen LogP contribution in [-0.2, 0) is 0 Å². The van der Waals surface area contributed by atoms with Crippen LogP contribution in [0, 0.1) is 0 Å². The maximum atomic E-state index is 12.9. The number of anilines is 1. The number of piperidine rings is 1.